The maximum absolute atomic E-state index is 12.5. The Hall–Kier alpha value is -2.80. The zero-order chi connectivity index (χ0) is 42.5. The van der Waals surface area contributed by atoms with E-state index in [2.05, 4.69) is 21.3 Å². The van der Waals surface area contributed by atoms with E-state index in [1.165, 1.54) is 0 Å². The van der Waals surface area contributed by atoms with Crippen LogP contribution in [-0.2, 0) is 52.3 Å². The maximum Gasteiger partial charge on any atom is 0.217 e. The van der Waals surface area contributed by atoms with Crippen LogP contribution in [0, 0.1) is 0 Å². The highest BCUT2D eigenvalue weighted by Crippen LogP contribution is 2.34. The van der Waals surface area contributed by atoms with Crippen molar-refractivity contribution in [1.82, 2.24) is 21.3 Å². The predicted octanol–water partition coefficient (Wildman–Crippen LogP) is -9.17. The highest BCUT2D eigenvalue weighted by Gasteiger charge is 2.56. The summed E-state index contributed by atoms with van der Waals surface area (Å²) >= 11 is 0. The number of hydrogen-bond donors (Lipinski definition) is 14. The second-order valence-electron chi connectivity index (χ2n) is 14.1. The summed E-state index contributed by atoms with van der Waals surface area (Å²) in [4.78, 5) is 49.0. The molecule has 0 aromatic rings. The third kappa shape index (κ3) is 11.1. The Labute approximate surface area is 325 Å². The molecule has 14 N–H and O–H groups in total. The van der Waals surface area contributed by atoms with E-state index in [9.17, 15) is 70.2 Å². The lowest BCUT2D eigenvalue weighted by atomic mass is 9.93. The monoisotopic (exact) mass is 830 g/mol. The summed E-state index contributed by atoms with van der Waals surface area (Å²) in [5.74, 6) is -2.92. The number of aliphatic hydroxyl groups is 10. The highest BCUT2D eigenvalue weighted by molar-refractivity contribution is 5.74. The van der Waals surface area contributed by atoms with Crippen LogP contribution in [0.3, 0.4) is 0 Å². The van der Waals surface area contributed by atoms with Crippen molar-refractivity contribution in [3.8, 4) is 0 Å². The molecule has 25 nitrogen and oxygen atoms in total. The van der Waals surface area contributed by atoms with Crippen molar-refractivity contribution in [2.75, 3.05) is 26.4 Å². The summed E-state index contributed by atoms with van der Waals surface area (Å²) in [6.45, 7) is 1.01. The van der Waals surface area contributed by atoms with Gasteiger partial charge in [-0.1, -0.05) is 0 Å². The summed E-state index contributed by atoms with van der Waals surface area (Å²) < 4.78 is 41.4. The van der Waals surface area contributed by atoms with Gasteiger partial charge < -0.3 is 105 Å². The average molecular weight is 831 g/mol. The number of nitrogens with one attached hydrogen (secondary N) is 4. The van der Waals surface area contributed by atoms with E-state index < -0.39 is 173 Å². The average Bonchev–Trinajstić information content (AvgIpc) is 3.14. The minimum Gasteiger partial charge on any atom is -0.394 e. The molecule has 0 aromatic heterocycles. The minimum atomic E-state index is -2.02. The van der Waals surface area contributed by atoms with E-state index in [-0.39, 0.29) is 0 Å². The summed E-state index contributed by atoms with van der Waals surface area (Å²) in [7, 11) is 0. The number of amides is 4. The second-order valence-corrected chi connectivity index (χ2v) is 14.1. The first kappa shape index (κ1) is 46.9. The number of carbonyl (C=O) groups is 4. The molecule has 4 rings (SSSR count). The molecule has 4 saturated heterocycles. The number of hydrogen-bond acceptors (Lipinski definition) is 21. The fraction of sp³-hybridized carbons (Fsp3) is 0.875. The Bertz CT molecular complexity index is 1370. The Balaban J connectivity index is 1.81. The molecular weight excluding hydrogens is 776 g/mol. The first-order chi connectivity index (χ1) is 26.8. The maximum atomic E-state index is 12.5. The number of carbonyl (C=O) groups excluding carboxylic acids is 4. The van der Waals surface area contributed by atoms with Crippen LogP contribution in [0.4, 0.5) is 0 Å². The van der Waals surface area contributed by atoms with E-state index in [4.69, 9.17) is 33.2 Å². The van der Waals surface area contributed by atoms with E-state index in [0.29, 0.717) is 0 Å². The molecule has 0 saturated carbocycles. The van der Waals surface area contributed by atoms with Crippen LogP contribution in [0.5, 0.6) is 0 Å². The largest absolute Gasteiger partial charge is 0.394 e. The molecule has 25 heteroatoms. The standard InChI is InChI=1S/C32H54N4O21/c1-9(40)33-17-24(47)21(44)13(5-37)53-30(17)51-8-16-27(56-31-18(34-10(2)41)25(48)22(45)14(6-38)54-31)28(20(29(50)52-16)36-12(4)43)57-32-19(35-11(3)42)26(49)23(46)15(7-39)55-32/h13-32,37-39,44-50H,5-8H2,1-4H3,(H,33,40)(H,34,41)(H,35,42)(H,36,43)/t13-,14-,15-,16-,17-,18-,19-,20-,21-,22-,23-,24-,25-,26-,27+,28-,29?,30-,31+,32+/m1/s1. The van der Waals surface area contributed by atoms with Gasteiger partial charge in [-0.15, -0.1) is 0 Å². The van der Waals surface area contributed by atoms with E-state index in [1.54, 1.807) is 0 Å². The van der Waals surface area contributed by atoms with Crippen molar-refractivity contribution in [3.05, 3.63) is 0 Å². The van der Waals surface area contributed by atoms with Crippen molar-refractivity contribution < 1.29 is 103 Å². The molecule has 4 aliphatic rings. The van der Waals surface area contributed by atoms with Gasteiger partial charge in [0.05, 0.1) is 26.4 Å². The Morgan fingerprint density at radius 3 is 1.16 bits per heavy atom. The van der Waals surface area contributed by atoms with Gasteiger partial charge in [-0.2, -0.15) is 0 Å². The van der Waals surface area contributed by atoms with Gasteiger partial charge in [0.2, 0.25) is 23.6 Å². The zero-order valence-corrected chi connectivity index (χ0v) is 31.3. The van der Waals surface area contributed by atoms with Gasteiger partial charge in [0, 0.05) is 27.7 Å². The molecule has 328 valence electrons. The number of ether oxygens (including phenoxy) is 7. The van der Waals surface area contributed by atoms with Crippen molar-refractivity contribution in [2.24, 2.45) is 0 Å². The lowest BCUT2D eigenvalue weighted by molar-refractivity contribution is -0.360. The SMILES string of the molecule is CC(=O)N[C@H]1[C@H](OC[C@H]2OC(O)[C@H](NC(C)=O)[C@@H](O[C@@H]3O[C@H](CO)[C@@H](O)[C@H](O)[C@H]3NC(C)=O)[C@H]2O[C@@H]2O[C@H](CO)[C@@H](O)[C@H](O)[C@H]2NC(C)=O)O[C@H](CO)[C@@H](O)[C@@H]1O. The molecule has 0 bridgehead atoms. The molecule has 20 atom stereocenters. The van der Waals surface area contributed by atoms with Gasteiger partial charge in [-0.05, 0) is 0 Å². The van der Waals surface area contributed by atoms with Gasteiger partial charge in [0.25, 0.3) is 0 Å². The van der Waals surface area contributed by atoms with Crippen molar-refractivity contribution >= 4 is 23.6 Å². The van der Waals surface area contributed by atoms with Crippen LogP contribution in [0.25, 0.3) is 0 Å². The summed E-state index contributed by atoms with van der Waals surface area (Å²) in [6.07, 6.45) is -27.6. The van der Waals surface area contributed by atoms with Crippen molar-refractivity contribution in [3.63, 3.8) is 0 Å². The Kier molecular flexibility index (Phi) is 16.8. The third-order valence-corrected chi connectivity index (χ3v) is 9.80. The Morgan fingerprint density at radius 2 is 0.789 bits per heavy atom. The van der Waals surface area contributed by atoms with Crippen LogP contribution in [-0.4, -0.2) is 224 Å². The molecular formula is C32H54N4O21. The topological polar surface area (TPSA) is 383 Å². The predicted molar refractivity (Wildman–Crippen MR) is 180 cm³/mol. The summed E-state index contributed by atoms with van der Waals surface area (Å²) in [5.41, 5.74) is 0. The molecule has 4 aliphatic heterocycles. The van der Waals surface area contributed by atoms with Crippen molar-refractivity contribution in [2.45, 2.75) is 150 Å². The second kappa shape index (κ2) is 20.4. The molecule has 4 heterocycles. The van der Waals surface area contributed by atoms with Crippen LogP contribution >= 0.6 is 0 Å². The smallest absolute Gasteiger partial charge is 0.217 e. The zero-order valence-electron chi connectivity index (χ0n) is 31.3. The molecule has 0 radical (unpaired) electrons. The highest BCUT2D eigenvalue weighted by atomic mass is 16.8. The van der Waals surface area contributed by atoms with E-state index in [1.807, 2.05) is 0 Å². The van der Waals surface area contributed by atoms with Gasteiger partial charge in [-0.3, -0.25) is 19.2 Å². The lowest BCUT2D eigenvalue weighted by Gasteiger charge is -2.51. The van der Waals surface area contributed by atoms with Crippen LogP contribution in [0.15, 0.2) is 0 Å². The minimum absolute atomic E-state index is 0.685. The molecule has 0 aliphatic carbocycles. The van der Waals surface area contributed by atoms with Gasteiger partial charge in [-0.25, -0.2) is 0 Å². The van der Waals surface area contributed by atoms with Gasteiger partial charge >= 0.3 is 0 Å². The summed E-state index contributed by atoms with van der Waals surface area (Å²) in [6, 6.07) is -6.28. The quantitative estimate of drug-likeness (QED) is 0.0773. The first-order valence-corrected chi connectivity index (χ1v) is 18.0. The lowest BCUT2D eigenvalue weighted by Crippen LogP contribution is -2.71. The van der Waals surface area contributed by atoms with Crippen LogP contribution < -0.4 is 21.3 Å². The Morgan fingerprint density at radius 1 is 0.456 bits per heavy atom. The van der Waals surface area contributed by atoms with Crippen LogP contribution in [0.2, 0.25) is 0 Å². The van der Waals surface area contributed by atoms with E-state index in [0.717, 1.165) is 27.7 Å². The first-order valence-electron chi connectivity index (χ1n) is 18.0. The molecule has 0 aromatic carbocycles. The molecule has 4 fully saturated rings. The van der Waals surface area contributed by atoms with E-state index >= 15 is 0 Å². The molecule has 0 spiro atoms. The molecule has 57 heavy (non-hydrogen) atoms. The summed E-state index contributed by atoms with van der Waals surface area (Å²) in [5, 5.41) is 115. The van der Waals surface area contributed by atoms with Gasteiger partial charge in [0.1, 0.15) is 97.4 Å². The fourth-order valence-corrected chi connectivity index (χ4v) is 7.05. The van der Waals surface area contributed by atoms with Crippen molar-refractivity contribution in [1.29, 1.82) is 0 Å². The molecule has 1 unspecified atom stereocenters. The third-order valence-electron chi connectivity index (χ3n) is 9.80. The number of rotatable bonds is 14. The molecule has 4 amide bonds. The number of aliphatic hydroxyl groups excluding tert-OH is 10. The van der Waals surface area contributed by atoms with Crippen LogP contribution in [0.1, 0.15) is 27.7 Å². The van der Waals surface area contributed by atoms with Gasteiger partial charge in [0.15, 0.2) is 25.2 Å². The normalized spacial score (nSPS) is 43.8. The fourth-order valence-electron chi connectivity index (χ4n) is 7.05.